The molecule has 2 saturated heterocycles. The number of carbonyl (C=O) groups is 1. The number of aromatic nitrogens is 4. The largest absolute Gasteiger partial charge is 0.494 e. The number of nitrogens with zero attached hydrogens (tertiary/aromatic N) is 7. The summed E-state index contributed by atoms with van der Waals surface area (Å²) < 4.78 is 21.5. The average molecular weight is 586 g/mol. The Morgan fingerprint density at radius 3 is 2.65 bits per heavy atom. The predicted molar refractivity (Wildman–Crippen MR) is 166 cm³/mol. The van der Waals surface area contributed by atoms with Gasteiger partial charge in [0.05, 0.1) is 35.2 Å². The van der Waals surface area contributed by atoms with Crippen LogP contribution in [0, 0.1) is 5.82 Å². The highest BCUT2D eigenvalue weighted by Gasteiger charge is 2.31. The fourth-order valence-electron chi connectivity index (χ4n) is 5.89. The third-order valence-electron chi connectivity index (χ3n) is 8.29. The standard InChI is InChI=1S/C31H36FN9O2/c1-5-29(42)34-24-17-25(28(43-4)18-27(24)41-11-9-21(19-41)40-14-12-38(2)13-15-40)37-31-33-10-8-22(36-31)30-35-23-16-20(32)6-7-26(23)39(30)3/h5-8,10,16-18,21H,1,9,11-15,19H2,2-4H3,(H,34,42)(H,33,36,37)/t21-/m0/s1. The Morgan fingerprint density at radius 2 is 1.88 bits per heavy atom. The van der Waals surface area contributed by atoms with Crippen molar-refractivity contribution in [3.8, 4) is 17.3 Å². The number of carbonyl (C=O) groups excluding carboxylic acids is 1. The zero-order valence-corrected chi connectivity index (χ0v) is 24.7. The number of fused-ring (bicyclic) bond motifs is 1. The van der Waals surface area contributed by atoms with Gasteiger partial charge in [-0.2, -0.15) is 0 Å². The molecule has 0 spiro atoms. The molecule has 4 aromatic rings. The smallest absolute Gasteiger partial charge is 0.247 e. The van der Waals surface area contributed by atoms with Crippen LogP contribution in [0.3, 0.4) is 0 Å². The summed E-state index contributed by atoms with van der Waals surface area (Å²) in [6.07, 6.45) is 3.94. The van der Waals surface area contributed by atoms with E-state index >= 15 is 0 Å². The maximum Gasteiger partial charge on any atom is 0.247 e. The highest BCUT2D eigenvalue weighted by Crippen LogP contribution is 2.40. The minimum absolute atomic E-state index is 0.302. The fraction of sp³-hybridized carbons (Fsp3) is 0.355. The molecule has 2 aliphatic heterocycles. The third-order valence-corrected chi connectivity index (χ3v) is 8.29. The number of piperazine rings is 1. The number of benzene rings is 2. The van der Waals surface area contributed by atoms with Crippen LogP contribution >= 0.6 is 0 Å². The summed E-state index contributed by atoms with van der Waals surface area (Å²) in [5.41, 5.74) is 4.02. The minimum atomic E-state index is -0.346. The number of hydrogen-bond acceptors (Lipinski definition) is 9. The lowest BCUT2D eigenvalue weighted by molar-refractivity contribution is -0.111. The van der Waals surface area contributed by atoms with E-state index in [-0.39, 0.29) is 11.7 Å². The Morgan fingerprint density at radius 1 is 1.07 bits per heavy atom. The summed E-state index contributed by atoms with van der Waals surface area (Å²) >= 11 is 0. The number of amides is 1. The van der Waals surface area contributed by atoms with Crippen LogP contribution in [0.1, 0.15) is 6.42 Å². The first-order valence-corrected chi connectivity index (χ1v) is 14.4. The zero-order valence-electron chi connectivity index (χ0n) is 24.7. The molecule has 2 N–H and O–H groups in total. The third kappa shape index (κ3) is 5.88. The van der Waals surface area contributed by atoms with Crippen molar-refractivity contribution in [2.75, 3.05) is 69.0 Å². The van der Waals surface area contributed by atoms with Gasteiger partial charge in [0.2, 0.25) is 11.9 Å². The normalized spacial score (nSPS) is 17.8. The van der Waals surface area contributed by atoms with Crippen LogP contribution in [-0.2, 0) is 11.8 Å². The van der Waals surface area contributed by atoms with Crippen molar-refractivity contribution in [1.29, 1.82) is 0 Å². The molecule has 11 nitrogen and oxygen atoms in total. The molecule has 43 heavy (non-hydrogen) atoms. The topological polar surface area (TPSA) is 104 Å². The zero-order chi connectivity index (χ0) is 30.1. The van der Waals surface area contributed by atoms with Crippen LogP contribution in [-0.4, -0.2) is 94.7 Å². The Hall–Kier alpha value is -4.55. The van der Waals surface area contributed by atoms with Crippen LogP contribution in [0.4, 0.5) is 27.4 Å². The molecule has 0 unspecified atom stereocenters. The highest BCUT2D eigenvalue weighted by atomic mass is 19.1. The Bertz CT molecular complexity index is 1660. The number of aryl methyl sites for hydroxylation is 1. The molecule has 4 heterocycles. The quantitative estimate of drug-likeness (QED) is 0.298. The number of rotatable bonds is 8. The van der Waals surface area contributed by atoms with E-state index in [0.29, 0.717) is 46.1 Å². The first-order valence-electron chi connectivity index (χ1n) is 14.4. The number of anilines is 4. The number of ether oxygens (including phenoxy) is 1. The maximum atomic E-state index is 13.8. The van der Waals surface area contributed by atoms with Gasteiger partial charge < -0.3 is 29.7 Å². The second-order valence-electron chi connectivity index (χ2n) is 11.0. The van der Waals surface area contributed by atoms with Crippen LogP contribution in [0.15, 0.2) is 55.3 Å². The van der Waals surface area contributed by atoms with E-state index in [1.54, 1.807) is 25.4 Å². The lowest BCUT2D eigenvalue weighted by Crippen LogP contribution is -2.49. The SMILES string of the molecule is C=CC(=O)Nc1cc(Nc2nccc(-c3nc4cc(F)ccc4n3C)n2)c(OC)cc1N1CC[C@H](N2CCN(C)CC2)C1. The Labute approximate surface area is 250 Å². The van der Waals surface area contributed by atoms with Gasteiger partial charge in [0.25, 0.3) is 0 Å². The van der Waals surface area contributed by atoms with E-state index in [2.05, 4.69) is 53.9 Å². The first kappa shape index (κ1) is 28.6. The molecule has 1 atom stereocenters. The molecular weight excluding hydrogens is 549 g/mol. The number of likely N-dealkylation sites (N-methyl/N-ethyl adjacent to an activating group) is 1. The number of methoxy groups -OCH3 is 1. The van der Waals surface area contributed by atoms with Crippen molar-refractivity contribution < 1.29 is 13.9 Å². The lowest BCUT2D eigenvalue weighted by Gasteiger charge is -2.36. The molecule has 12 heteroatoms. The highest BCUT2D eigenvalue weighted by molar-refractivity contribution is 6.02. The maximum absolute atomic E-state index is 13.8. The van der Waals surface area contributed by atoms with Gasteiger partial charge in [-0.3, -0.25) is 9.69 Å². The summed E-state index contributed by atoms with van der Waals surface area (Å²) in [7, 11) is 5.64. The van der Waals surface area contributed by atoms with Gasteiger partial charge in [0.15, 0.2) is 5.82 Å². The van der Waals surface area contributed by atoms with Crippen molar-refractivity contribution in [2.24, 2.45) is 7.05 Å². The molecule has 1 amide bonds. The van der Waals surface area contributed by atoms with Gasteiger partial charge in [-0.1, -0.05) is 6.58 Å². The van der Waals surface area contributed by atoms with Gasteiger partial charge >= 0.3 is 0 Å². The van der Waals surface area contributed by atoms with E-state index in [9.17, 15) is 9.18 Å². The summed E-state index contributed by atoms with van der Waals surface area (Å²) in [4.78, 5) is 33.4. The molecule has 2 aliphatic rings. The van der Waals surface area contributed by atoms with Crippen molar-refractivity contribution in [2.45, 2.75) is 12.5 Å². The molecular formula is C31H36FN9O2. The minimum Gasteiger partial charge on any atom is -0.494 e. The molecule has 2 aromatic heterocycles. The monoisotopic (exact) mass is 585 g/mol. The van der Waals surface area contributed by atoms with Gasteiger partial charge in [-0.25, -0.2) is 19.3 Å². The number of hydrogen-bond donors (Lipinski definition) is 2. The van der Waals surface area contributed by atoms with E-state index in [0.717, 1.165) is 56.9 Å². The molecule has 0 aliphatic carbocycles. The van der Waals surface area contributed by atoms with Gasteiger partial charge in [-0.05, 0) is 43.8 Å². The van der Waals surface area contributed by atoms with Crippen LogP contribution in [0.2, 0.25) is 0 Å². The van der Waals surface area contributed by atoms with E-state index in [1.807, 2.05) is 23.7 Å². The number of halogens is 1. The summed E-state index contributed by atoms with van der Waals surface area (Å²) in [6.45, 7) is 9.63. The molecule has 0 radical (unpaired) electrons. The fourth-order valence-corrected chi connectivity index (χ4v) is 5.89. The molecule has 224 valence electrons. The number of imidazole rings is 1. The first-order chi connectivity index (χ1) is 20.8. The van der Waals surface area contributed by atoms with Crippen molar-refractivity contribution >= 4 is 40.0 Å². The summed E-state index contributed by atoms with van der Waals surface area (Å²) in [5.74, 6) is 0.835. The van der Waals surface area contributed by atoms with Crippen LogP contribution < -0.4 is 20.3 Å². The second kappa shape index (κ2) is 12.0. The van der Waals surface area contributed by atoms with Crippen LogP contribution in [0.25, 0.3) is 22.6 Å². The molecule has 2 fully saturated rings. The summed E-state index contributed by atoms with van der Waals surface area (Å²) in [5, 5.41) is 6.24. The molecule has 0 bridgehead atoms. The van der Waals surface area contributed by atoms with Gasteiger partial charge in [0.1, 0.15) is 17.3 Å². The molecule has 0 saturated carbocycles. The Kier molecular flexibility index (Phi) is 7.96. The van der Waals surface area contributed by atoms with Crippen LogP contribution in [0.5, 0.6) is 5.75 Å². The summed E-state index contributed by atoms with van der Waals surface area (Å²) in [6, 6.07) is 10.5. The van der Waals surface area contributed by atoms with Crippen molar-refractivity contribution in [3.63, 3.8) is 0 Å². The van der Waals surface area contributed by atoms with E-state index in [4.69, 9.17) is 4.74 Å². The molecule has 2 aromatic carbocycles. The molecule has 6 rings (SSSR count). The van der Waals surface area contributed by atoms with Gasteiger partial charge in [0, 0.05) is 70.7 Å². The predicted octanol–water partition coefficient (Wildman–Crippen LogP) is 3.87. The second-order valence-corrected chi connectivity index (χ2v) is 11.0. The average Bonchev–Trinajstić information content (AvgIpc) is 3.62. The lowest BCUT2D eigenvalue weighted by atomic mass is 10.2. The van der Waals surface area contributed by atoms with E-state index in [1.165, 1.54) is 18.2 Å². The number of nitrogens with one attached hydrogen (secondary N) is 2. The van der Waals surface area contributed by atoms with Gasteiger partial charge in [-0.15, -0.1) is 0 Å². The Balaban J connectivity index is 1.29. The van der Waals surface area contributed by atoms with Crippen molar-refractivity contribution in [3.05, 3.63) is 61.1 Å². The van der Waals surface area contributed by atoms with Crippen molar-refractivity contribution in [1.82, 2.24) is 29.3 Å². The van der Waals surface area contributed by atoms with E-state index < -0.39 is 0 Å².